The second-order valence-corrected chi connectivity index (χ2v) is 7.16. The van der Waals surface area contributed by atoms with Gasteiger partial charge in [0.25, 0.3) is 0 Å². The Bertz CT molecular complexity index is 819. The second-order valence-electron chi connectivity index (χ2n) is 6.31. The summed E-state index contributed by atoms with van der Waals surface area (Å²) in [5.41, 5.74) is 3.94. The summed E-state index contributed by atoms with van der Waals surface area (Å²) in [4.78, 5) is 27.9. The Kier molecular flexibility index (Phi) is 5.13. The number of thioether (sulfide) groups is 1. The summed E-state index contributed by atoms with van der Waals surface area (Å²) in [6.45, 7) is 4.47. The number of anilines is 2. The molecule has 1 fully saturated rings. The van der Waals surface area contributed by atoms with Gasteiger partial charge in [0.2, 0.25) is 11.8 Å². The van der Waals surface area contributed by atoms with Crippen LogP contribution in [0.5, 0.6) is 0 Å². The molecule has 0 spiro atoms. The van der Waals surface area contributed by atoms with Crippen LogP contribution in [0.3, 0.4) is 0 Å². The third-order valence-electron chi connectivity index (χ3n) is 4.73. The van der Waals surface area contributed by atoms with Crippen LogP contribution in [0.25, 0.3) is 0 Å². The van der Waals surface area contributed by atoms with Crippen LogP contribution in [0.1, 0.15) is 17.5 Å². The summed E-state index contributed by atoms with van der Waals surface area (Å²) in [5.74, 6) is -0.419. The van der Waals surface area contributed by atoms with Crippen molar-refractivity contribution in [1.29, 1.82) is 0 Å². The monoisotopic (exact) mass is 354 g/mol. The van der Waals surface area contributed by atoms with Crippen molar-refractivity contribution in [2.45, 2.75) is 25.2 Å². The molecule has 1 unspecified atom stereocenters. The molecule has 2 aromatic rings. The molecule has 4 nitrogen and oxygen atoms in total. The van der Waals surface area contributed by atoms with E-state index in [1.165, 1.54) is 0 Å². The van der Waals surface area contributed by atoms with Crippen molar-refractivity contribution in [3.05, 3.63) is 53.6 Å². The van der Waals surface area contributed by atoms with Crippen molar-refractivity contribution in [3.63, 3.8) is 0 Å². The van der Waals surface area contributed by atoms with Gasteiger partial charge in [-0.15, -0.1) is 11.8 Å². The Hall–Kier alpha value is -2.27. The van der Waals surface area contributed by atoms with Crippen molar-refractivity contribution >= 4 is 35.0 Å². The molecule has 1 aliphatic heterocycles. The van der Waals surface area contributed by atoms with Gasteiger partial charge >= 0.3 is 0 Å². The first kappa shape index (κ1) is 17.5. The summed E-state index contributed by atoms with van der Waals surface area (Å²) < 4.78 is 0. The summed E-state index contributed by atoms with van der Waals surface area (Å²) in [6, 6.07) is 13.6. The number of nitrogens with zero attached hydrogens (tertiary/aromatic N) is 1. The van der Waals surface area contributed by atoms with Gasteiger partial charge in [-0.2, -0.15) is 0 Å². The SMILES string of the molecule is CSc1ccccc1NC(=O)C1CC(=O)N(c2cccc(C)c2C)C1. The number of aryl methyl sites for hydroxylation is 1. The van der Waals surface area contributed by atoms with E-state index in [1.807, 2.05) is 62.6 Å². The van der Waals surface area contributed by atoms with Crippen molar-refractivity contribution in [1.82, 2.24) is 0 Å². The van der Waals surface area contributed by atoms with Crippen LogP contribution < -0.4 is 10.2 Å². The van der Waals surface area contributed by atoms with Gasteiger partial charge < -0.3 is 10.2 Å². The molecule has 25 heavy (non-hydrogen) atoms. The number of hydrogen-bond acceptors (Lipinski definition) is 3. The lowest BCUT2D eigenvalue weighted by Gasteiger charge is -2.20. The molecule has 1 atom stereocenters. The molecule has 1 saturated heterocycles. The quantitative estimate of drug-likeness (QED) is 0.844. The fraction of sp³-hybridized carbons (Fsp3) is 0.300. The molecule has 2 aromatic carbocycles. The minimum atomic E-state index is -0.331. The third-order valence-corrected chi connectivity index (χ3v) is 5.52. The first-order valence-electron chi connectivity index (χ1n) is 8.31. The van der Waals surface area contributed by atoms with Crippen LogP contribution in [-0.2, 0) is 9.59 Å². The third kappa shape index (κ3) is 3.56. The normalized spacial score (nSPS) is 17.0. The van der Waals surface area contributed by atoms with Crippen LogP contribution in [0.4, 0.5) is 11.4 Å². The number of carbonyl (C=O) groups excluding carboxylic acids is 2. The standard InChI is InChI=1S/C20H22N2O2S/c1-13-7-6-9-17(14(13)2)22-12-15(11-19(22)23)20(24)21-16-8-4-5-10-18(16)25-3/h4-10,15H,11-12H2,1-3H3,(H,21,24). The Labute approximate surface area is 152 Å². The highest BCUT2D eigenvalue weighted by Gasteiger charge is 2.35. The van der Waals surface area contributed by atoms with E-state index in [0.29, 0.717) is 6.54 Å². The predicted octanol–water partition coefficient (Wildman–Crippen LogP) is 4.02. The Morgan fingerprint density at radius 3 is 2.68 bits per heavy atom. The minimum Gasteiger partial charge on any atom is -0.325 e. The Balaban J connectivity index is 1.76. The van der Waals surface area contributed by atoms with Gasteiger partial charge in [-0.1, -0.05) is 24.3 Å². The summed E-state index contributed by atoms with van der Waals surface area (Å²) in [7, 11) is 0. The maximum absolute atomic E-state index is 12.7. The molecule has 3 rings (SSSR count). The zero-order chi connectivity index (χ0) is 18.0. The molecule has 130 valence electrons. The van der Waals surface area contributed by atoms with E-state index in [0.717, 1.165) is 27.4 Å². The lowest BCUT2D eigenvalue weighted by molar-refractivity contribution is -0.122. The van der Waals surface area contributed by atoms with Crippen LogP contribution in [0.15, 0.2) is 47.4 Å². The molecule has 1 aliphatic rings. The van der Waals surface area contributed by atoms with Gasteiger partial charge in [-0.3, -0.25) is 9.59 Å². The maximum atomic E-state index is 12.7. The van der Waals surface area contributed by atoms with Crippen molar-refractivity contribution in [2.75, 3.05) is 23.0 Å². The first-order valence-corrected chi connectivity index (χ1v) is 9.54. The van der Waals surface area contributed by atoms with E-state index >= 15 is 0 Å². The molecule has 2 amide bonds. The molecular weight excluding hydrogens is 332 g/mol. The number of nitrogens with one attached hydrogen (secondary N) is 1. The van der Waals surface area contributed by atoms with E-state index in [4.69, 9.17) is 0 Å². The van der Waals surface area contributed by atoms with Gasteiger partial charge in [-0.25, -0.2) is 0 Å². The van der Waals surface area contributed by atoms with Gasteiger partial charge in [0.05, 0.1) is 11.6 Å². The van der Waals surface area contributed by atoms with Crippen molar-refractivity contribution in [2.24, 2.45) is 5.92 Å². The lowest BCUT2D eigenvalue weighted by Crippen LogP contribution is -2.28. The van der Waals surface area contributed by atoms with E-state index in [-0.39, 0.29) is 24.2 Å². The Morgan fingerprint density at radius 2 is 1.92 bits per heavy atom. The Morgan fingerprint density at radius 1 is 1.16 bits per heavy atom. The predicted molar refractivity (Wildman–Crippen MR) is 103 cm³/mol. The van der Waals surface area contributed by atoms with E-state index in [2.05, 4.69) is 5.32 Å². The van der Waals surface area contributed by atoms with Gasteiger partial charge in [-0.05, 0) is 49.4 Å². The number of benzene rings is 2. The average Bonchev–Trinajstić information content (AvgIpc) is 2.99. The molecule has 0 radical (unpaired) electrons. The number of carbonyl (C=O) groups is 2. The largest absolute Gasteiger partial charge is 0.325 e. The van der Waals surface area contributed by atoms with Crippen LogP contribution in [0, 0.1) is 19.8 Å². The molecular formula is C20H22N2O2S. The second kappa shape index (κ2) is 7.31. The van der Waals surface area contributed by atoms with Crippen LogP contribution >= 0.6 is 11.8 Å². The highest BCUT2D eigenvalue weighted by Crippen LogP contribution is 2.31. The molecule has 5 heteroatoms. The topological polar surface area (TPSA) is 49.4 Å². The fourth-order valence-electron chi connectivity index (χ4n) is 3.13. The van der Waals surface area contributed by atoms with E-state index in [9.17, 15) is 9.59 Å². The zero-order valence-corrected chi connectivity index (χ0v) is 15.5. The zero-order valence-electron chi connectivity index (χ0n) is 14.7. The highest BCUT2D eigenvalue weighted by molar-refractivity contribution is 7.98. The number of para-hydroxylation sites is 1. The summed E-state index contributed by atoms with van der Waals surface area (Å²) in [5, 5.41) is 2.98. The van der Waals surface area contributed by atoms with E-state index < -0.39 is 0 Å². The number of hydrogen-bond donors (Lipinski definition) is 1. The number of rotatable bonds is 4. The molecule has 0 aromatic heterocycles. The molecule has 0 saturated carbocycles. The molecule has 1 N–H and O–H groups in total. The fourth-order valence-corrected chi connectivity index (χ4v) is 3.68. The molecule has 0 bridgehead atoms. The van der Waals surface area contributed by atoms with Crippen molar-refractivity contribution < 1.29 is 9.59 Å². The van der Waals surface area contributed by atoms with Gasteiger partial charge in [0.1, 0.15) is 0 Å². The summed E-state index contributed by atoms with van der Waals surface area (Å²) >= 11 is 1.59. The van der Waals surface area contributed by atoms with Crippen LogP contribution in [0.2, 0.25) is 0 Å². The highest BCUT2D eigenvalue weighted by atomic mass is 32.2. The smallest absolute Gasteiger partial charge is 0.229 e. The average molecular weight is 354 g/mol. The van der Waals surface area contributed by atoms with Gasteiger partial charge in [0, 0.05) is 23.5 Å². The van der Waals surface area contributed by atoms with Crippen molar-refractivity contribution in [3.8, 4) is 0 Å². The minimum absolute atomic E-state index is 0.00648. The summed E-state index contributed by atoms with van der Waals surface area (Å²) in [6.07, 6.45) is 2.23. The molecule has 0 aliphatic carbocycles. The first-order chi connectivity index (χ1) is 12.0. The maximum Gasteiger partial charge on any atom is 0.229 e. The lowest BCUT2D eigenvalue weighted by atomic mass is 10.1. The van der Waals surface area contributed by atoms with Gasteiger partial charge in [0.15, 0.2) is 0 Å². The van der Waals surface area contributed by atoms with E-state index in [1.54, 1.807) is 16.7 Å². The number of amides is 2. The van der Waals surface area contributed by atoms with Crippen LogP contribution in [-0.4, -0.2) is 24.6 Å². The molecule has 1 heterocycles.